The lowest BCUT2D eigenvalue weighted by atomic mass is 10.1. The number of nitrogens with one attached hydrogen (secondary N) is 1. The summed E-state index contributed by atoms with van der Waals surface area (Å²) in [7, 11) is 0. The predicted molar refractivity (Wildman–Crippen MR) is 75.9 cm³/mol. The number of hydrogen-bond donors (Lipinski definition) is 1. The number of benzene rings is 1. The van der Waals surface area contributed by atoms with Crippen LogP contribution in [0.5, 0.6) is 0 Å². The molecule has 0 atom stereocenters. The largest absolute Gasteiger partial charge is 0.301 e. The Bertz CT molecular complexity index is 554. The molecule has 0 fully saturated rings. The normalized spacial score (nSPS) is 11.5. The quantitative estimate of drug-likeness (QED) is 0.488. The van der Waals surface area contributed by atoms with Gasteiger partial charge in [0.15, 0.2) is 0 Å². The maximum atomic E-state index is 10.9. The highest BCUT2D eigenvalue weighted by molar-refractivity contribution is 5.83. The Balaban J connectivity index is 3.00. The van der Waals surface area contributed by atoms with Crippen molar-refractivity contribution in [3.8, 4) is 0 Å². The molecular weight excluding hydrogens is 264 g/mol. The van der Waals surface area contributed by atoms with E-state index in [1.807, 2.05) is 20.8 Å². The van der Waals surface area contributed by atoms with E-state index in [9.17, 15) is 20.2 Å². The van der Waals surface area contributed by atoms with Crippen LogP contribution in [0.3, 0.4) is 0 Å². The van der Waals surface area contributed by atoms with Gasteiger partial charge in [-0.25, -0.2) is 0 Å². The van der Waals surface area contributed by atoms with Gasteiger partial charge >= 0.3 is 5.69 Å². The molecule has 0 bridgehead atoms. The van der Waals surface area contributed by atoms with Crippen LogP contribution in [0.2, 0.25) is 0 Å². The third-order valence-corrected chi connectivity index (χ3v) is 2.46. The number of nitrogens with zero attached hydrogens (tertiary/aromatic N) is 3. The molecule has 1 aromatic carbocycles. The molecule has 0 amide bonds. The van der Waals surface area contributed by atoms with E-state index in [1.54, 1.807) is 0 Å². The third kappa shape index (κ3) is 4.30. The third-order valence-electron chi connectivity index (χ3n) is 2.46. The number of hydrazone groups is 1. The molecule has 1 N–H and O–H groups in total. The summed E-state index contributed by atoms with van der Waals surface area (Å²) in [5.74, 6) is 0.424. The minimum atomic E-state index is -0.678. The van der Waals surface area contributed by atoms with E-state index in [2.05, 4.69) is 10.5 Å². The number of nitro groups is 2. The fraction of sp³-hybridized carbons (Fsp3) is 0.417. The molecule has 108 valence electrons. The van der Waals surface area contributed by atoms with Crippen LogP contribution in [0.4, 0.5) is 17.1 Å². The second-order valence-corrected chi connectivity index (χ2v) is 4.77. The molecule has 1 rings (SSSR count). The predicted octanol–water partition coefficient (Wildman–Crippen LogP) is 3.34. The van der Waals surface area contributed by atoms with E-state index in [4.69, 9.17) is 0 Å². The van der Waals surface area contributed by atoms with Gasteiger partial charge in [-0.1, -0.05) is 13.8 Å². The summed E-state index contributed by atoms with van der Waals surface area (Å²) in [6.45, 7) is 5.88. The molecule has 0 aliphatic rings. The molecule has 20 heavy (non-hydrogen) atoms. The molecule has 0 saturated carbocycles. The first kappa shape index (κ1) is 15.5. The average Bonchev–Trinajstić information content (AvgIpc) is 2.35. The monoisotopic (exact) mass is 280 g/mol. The molecule has 0 aliphatic carbocycles. The second-order valence-electron chi connectivity index (χ2n) is 4.77. The fourth-order valence-corrected chi connectivity index (χ4v) is 1.67. The van der Waals surface area contributed by atoms with Crippen LogP contribution in [0, 0.1) is 26.1 Å². The van der Waals surface area contributed by atoms with Crippen molar-refractivity contribution in [2.24, 2.45) is 11.0 Å². The minimum Gasteiger partial charge on any atom is -0.272 e. The smallest absolute Gasteiger partial charge is 0.272 e. The maximum absolute atomic E-state index is 10.9. The Morgan fingerprint density at radius 2 is 1.95 bits per heavy atom. The van der Waals surface area contributed by atoms with E-state index in [1.165, 1.54) is 12.1 Å². The Morgan fingerprint density at radius 3 is 2.45 bits per heavy atom. The van der Waals surface area contributed by atoms with Crippen LogP contribution in [-0.2, 0) is 0 Å². The Morgan fingerprint density at radius 1 is 1.30 bits per heavy atom. The molecule has 0 aromatic heterocycles. The van der Waals surface area contributed by atoms with Crippen molar-refractivity contribution in [3.05, 3.63) is 38.4 Å². The van der Waals surface area contributed by atoms with Crippen molar-refractivity contribution in [1.82, 2.24) is 0 Å². The first-order chi connectivity index (χ1) is 9.31. The van der Waals surface area contributed by atoms with Gasteiger partial charge in [0, 0.05) is 11.8 Å². The first-order valence-corrected chi connectivity index (χ1v) is 6.03. The molecule has 0 unspecified atom stereocenters. The van der Waals surface area contributed by atoms with Gasteiger partial charge < -0.3 is 0 Å². The number of hydrogen-bond acceptors (Lipinski definition) is 6. The summed E-state index contributed by atoms with van der Waals surface area (Å²) in [6, 6.07) is 3.39. The van der Waals surface area contributed by atoms with Crippen LogP contribution in [0.1, 0.15) is 27.2 Å². The highest BCUT2D eigenvalue weighted by Gasteiger charge is 2.19. The molecule has 0 saturated heterocycles. The molecule has 1 aromatic rings. The summed E-state index contributed by atoms with van der Waals surface area (Å²) >= 11 is 0. The van der Waals surface area contributed by atoms with Gasteiger partial charge in [-0.2, -0.15) is 5.10 Å². The maximum Gasteiger partial charge on any atom is 0.301 e. The summed E-state index contributed by atoms with van der Waals surface area (Å²) in [5, 5.41) is 25.6. The standard InChI is InChI=1S/C12H16N4O4/c1-8(2)6-9(3)13-14-11-5-4-10(15(17)18)7-12(11)16(19)20/h4-5,7-8,14H,6H2,1-3H3. The molecule has 0 radical (unpaired) electrons. The second kappa shape index (κ2) is 6.60. The lowest BCUT2D eigenvalue weighted by molar-refractivity contribution is -0.393. The molecule has 0 spiro atoms. The van der Waals surface area contributed by atoms with E-state index < -0.39 is 9.85 Å². The van der Waals surface area contributed by atoms with Crippen LogP contribution >= 0.6 is 0 Å². The van der Waals surface area contributed by atoms with E-state index in [-0.39, 0.29) is 17.1 Å². The van der Waals surface area contributed by atoms with Gasteiger partial charge in [-0.15, -0.1) is 0 Å². The van der Waals surface area contributed by atoms with Crippen molar-refractivity contribution in [3.63, 3.8) is 0 Å². The average molecular weight is 280 g/mol. The molecular formula is C12H16N4O4. The van der Waals surface area contributed by atoms with Crippen molar-refractivity contribution in [2.75, 3.05) is 5.43 Å². The van der Waals surface area contributed by atoms with Gasteiger partial charge in [0.25, 0.3) is 5.69 Å². The zero-order valence-electron chi connectivity index (χ0n) is 11.5. The van der Waals surface area contributed by atoms with E-state index in [0.29, 0.717) is 5.92 Å². The van der Waals surface area contributed by atoms with Gasteiger partial charge in [-0.3, -0.25) is 25.7 Å². The molecule has 0 aliphatic heterocycles. The highest BCUT2D eigenvalue weighted by atomic mass is 16.6. The van der Waals surface area contributed by atoms with Gasteiger partial charge in [0.1, 0.15) is 5.69 Å². The van der Waals surface area contributed by atoms with Crippen LogP contribution in [0.15, 0.2) is 23.3 Å². The minimum absolute atomic E-state index is 0.128. The number of nitro benzene ring substituents is 2. The Kier molecular flexibility index (Phi) is 5.13. The van der Waals surface area contributed by atoms with Crippen molar-refractivity contribution < 1.29 is 9.85 Å². The summed E-state index contributed by atoms with van der Waals surface area (Å²) in [4.78, 5) is 20.2. The molecule has 8 nitrogen and oxygen atoms in total. The molecule has 0 heterocycles. The lowest BCUT2D eigenvalue weighted by Crippen LogP contribution is -2.03. The van der Waals surface area contributed by atoms with E-state index in [0.717, 1.165) is 18.2 Å². The van der Waals surface area contributed by atoms with Crippen LogP contribution in [0.25, 0.3) is 0 Å². The van der Waals surface area contributed by atoms with E-state index >= 15 is 0 Å². The van der Waals surface area contributed by atoms with Gasteiger partial charge in [-0.05, 0) is 25.3 Å². The SMILES string of the molecule is CC(CC(C)C)=NNc1ccc([N+](=O)[O-])cc1[N+](=O)[O-]. The fourth-order valence-electron chi connectivity index (χ4n) is 1.67. The summed E-state index contributed by atoms with van der Waals surface area (Å²) in [6.07, 6.45) is 0.758. The Hall–Kier alpha value is -2.51. The van der Waals surface area contributed by atoms with Crippen molar-refractivity contribution in [2.45, 2.75) is 27.2 Å². The molecule has 8 heteroatoms. The highest BCUT2D eigenvalue weighted by Crippen LogP contribution is 2.28. The Labute approximate surface area is 115 Å². The van der Waals surface area contributed by atoms with Gasteiger partial charge in [0.05, 0.1) is 15.9 Å². The first-order valence-electron chi connectivity index (χ1n) is 6.03. The van der Waals surface area contributed by atoms with Crippen LogP contribution < -0.4 is 5.43 Å². The van der Waals surface area contributed by atoms with Crippen molar-refractivity contribution in [1.29, 1.82) is 0 Å². The van der Waals surface area contributed by atoms with Gasteiger partial charge in [0.2, 0.25) is 0 Å². The zero-order valence-corrected chi connectivity index (χ0v) is 11.5. The topological polar surface area (TPSA) is 111 Å². The lowest BCUT2D eigenvalue weighted by Gasteiger charge is -2.06. The number of anilines is 1. The van der Waals surface area contributed by atoms with Crippen molar-refractivity contribution >= 4 is 22.8 Å². The zero-order chi connectivity index (χ0) is 15.3. The summed E-state index contributed by atoms with van der Waals surface area (Å²) in [5.41, 5.74) is 2.81. The van der Waals surface area contributed by atoms with Crippen LogP contribution in [-0.4, -0.2) is 15.6 Å². The number of rotatable bonds is 6. The summed E-state index contributed by atoms with van der Waals surface area (Å²) < 4.78 is 0. The number of non-ortho nitro benzene ring substituents is 1.